The summed E-state index contributed by atoms with van der Waals surface area (Å²) in [6.07, 6.45) is 1.05. The Morgan fingerprint density at radius 1 is 1.16 bits per heavy atom. The highest BCUT2D eigenvalue weighted by molar-refractivity contribution is 5.78. The van der Waals surface area contributed by atoms with Crippen LogP contribution in [0.25, 0.3) is 0 Å². The van der Waals surface area contributed by atoms with Crippen LogP contribution in [-0.4, -0.2) is 33.2 Å². The van der Waals surface area contributed by atoms with Crippen LogP contribution in [-0.2, 0) is 11.0 Å². The highest BCUT2D eigenvalue weighted by Gasteiger charge is 2.44. The molecule has 0 amide bonds. The molecule has 5 rings (SSSR count). The number of aromatic nitrogens is 2. The molecule has 3 heterocycles. The Kier molecular flexibility index (Phi) is 4.88. The van der Waals surface area contributed by atoms with Crippen molar-refractivity contribution in [2.24, 2.45) is 0 Å². The standard InChI is InChI=1S/C22H24F3N5O/c1-12(31)11-30-18-7-8-19(30)16-9-14(5-6-15(16)18)28-21-26-10-17(22(23,24)25)20(29-21)27-13-3-2-4-13/h5-6,9-10,13,18-19H,2-4,7-8,11H2,1H3,(H2,26,27,28,29). The molecule has 1 aliphatic carbocycles. The van der Waals surface area contributed by atoms with Gasteiger partial charge in [0, 0.05) is 30.0 Å². The van der Waals surface area contributed by atoms with Crippen molar-refractivity contribution in [2.75, 3.05) is 17.2 Å². The number of halogens is 3. The van der Waals surface area contributed by atoms with Gasteiger partial charge in [0.1, 0.15) is 17.2 Å². The Labute approximate surface area is 178 Å². The number of benzene rings is 1. The van der Waals surface area contributed by atoms with Crippen LogP contribution < -0.4 is 10.6 Å². The molecule has 2 bridgehead atoms. The first-order valence-electron chi connectivity index (χ1n) is 10.7. The minimum atomic E-state index is -4.52. The average molecular weight is 431 g/mol. The number of anilines is 3. The van der Waals surface area contributed by atoms with E-state index in [4.69, 9.17) is 0 Å². The summed E-state index contributed by atoms with van der Waals surface area (Å²) in [5.74, 6) is 0.0915. The van der Waals surface area contributed by atoms with Crippen LogP contribution >= 0.6 is 0 Å². The zero-order valence-electron chi connectivity index (χ0n) is 17.2. The third-order valence-corrected chi connectivity index (χ3v) is 6.52. The predicted octanol–water partition coefficient (Wildman–Crippen LogP) is 4.98. The number of carbonyl (C=O) groups is 1. The topological polar surface area (TPSA) is 70.2 Å². The van der Waals surface area contributed by atoms with E-state index in [9.17, 15) is 18.0 Å². The monoisotopic (exact) mass is 431 g/mol. The summed E-state index contributed by atoms with van der Waals surface area (Å²) in [5, 5.41) is 5.98. The lowest BCUT2D eigenvalue weighted by Gasteiger charge is -2.28. The van der Waals surface area contributed by atoms with Gasteiger partial charge in [-0.05, 0) is 62.3 Å². The van der Waals surface area contributed by atoms with E-state index in [0.717, 1.165) is 44.0 Å². The predicted molar refractivity (Wildman–Crippen MR) is 110 cm³/mol. The van der Waals surface area contributed by atoms with Crippen molar-refractivity contribution in [3.63, 3.8) is 0 Å². The van der Waals surface area contributed by atoms with Crippen LogP contribution in [0.1, 0.15) is 67.8 Å². The largest absolute Gasteiger partial charge is 0.421 e. The molecular weight excluding hydrogens is 407 g/mol. The quantitative estimate of drug-likeness (QED) is 0.672. The molecule has 6 nitrogen and oxygen atoms in total. The van der Waals surface area contributed by atoms with E-state index in [1.165, 1.54) is 11.1 Å². The molecule has 2 atom stereocenters. The Balaban J connectivity index is 1.39. The molecule has 2 aliphatic heterocycles. The Bertz CT molecular complexity index is 1020. The molecule has 2 N–H and O–H groups in total. The molecule has 2 fully saturated rings. The van der Waals surface area contributed by atoms with E-state index in [2.05, 4.69) is 25.5 Å². The number of nitrogens with one attached hydrogen (secondary N) is 2. The normalized spacial score (nSPS) is 22.8. The van der Waals surface area contributed by atoms with Crippen LogP contribution in [0.5, 0.6) is 0 Å². The molecule has 0 radical (unpaired) electrons. The first kappa shape index (κ1) is 20.2. The van der Waals surface area contributed by atoms with Gasteiger partial charge >= 0.3 is 6.18 Å². The summed E-state index contributed by atoms with van der Waals surface area (Å²) in [4.78, 5) is 22.0. The number of hydrogen-bond donors (Lipinski definition) is 2. The second-order valence-corrected chi connectivity index (χ2v) is 8.68. The first-order chi connectivity index (χ1) is 14.8. The number of Topliss-reactive ketones (excluding diaryl/α,β-unsaturated/α-hetero) is 1. The number of nitrogens with zero attached hydrogens (tertiary/aromatic N) is 3. The fraction of sp³-hybridized carbons (Fsp3) is 0.500. The highest BCUT2D eigenvalue weighted by Crippen LogP contribution is 2.53. The van der Waals surface area contributed by atoms with Gasteiger partial charge in [0.2, 0.25) is 5.95 Å². The Morgan fingerprint density at radius 2 is 1.90 bits per heavy atom. The maximum absolute atomic E-state index is 13.4. The lowest BCUT2D eigenvalue weighted by atomic mass is 9.91. The fourth-order valence-corrected chi connectivity index (χ4v) is 4.89. The molecule has 31 heavy (non-hydrogen) atoms. The van der Waals surface area contributed by atoms with E-state index in [1.807, 2.05) is 18.2 Å². The number of hydrogen-bond acceptors (Lipinski definition) is 6. The summed E-state index contributed by atoms with van der Waals surface area (Å²) in [6.45, 7) is 2.04. The van der Waals surface area contributed by atoms with Crippen molar-refractivity contribution in [1.29, 1.82) is 0 Å². The second kappa shape index (κ2) is 7.47. The van der Waals surface area contributed by atoms with Gasteiger partial charge in [-0.15, -0.1) is 0 Å². The number of carbonyl (C=O) groups excluding carboxylic acids is 1. The highest BCUT2D eigenvalue weighted by atomic mass is 19.4. The molecule has 0 spiro atoms. The van der Waals surface area contributed by atoms with Crippen molar-refractivity contribution in [3.8, 4) is 0 Å². The molecule has 1 saturated carbocycles. The van der Waals surface area contributed by atoms with E-state index in [1.54, 1.807) is 6.92 Å². The summed E-state index contributed by atoms with van der Waals surface area (Å²) in [7, 11) is 0. The van der Waals surface area contributed by atoms with Crippen LogP contribution in [0, 0.1) is 0 Å². The molecule has 164 valence electrons. The van der Waals surface area contributed by atoms with Gasteiger partial charge in [0.25, 0.3) is 0 Å². The summed E-state index contributed by atoms with van der Waals surface area (Å²) < 4.78 is 40.1. The zero-order chi connectivity index (χ0) is 21.8. The lowest BCUT2D eigenvalue weighted by Crippen LogP contribution is -2.29. The summed E-state index contributed by atoms with van der Waals surface area (Å²) in [6, 6.07) is 6.42. The SMILES string of the molecule is CC(=O)CN1C2CCC1c1cc(Nc3ncc(C(F)(F)F)c(NC4CCC4)n3)ccc12. The van der Waals surface area contributed by atoms with Gasteiger partial charge in [-0.3, -0.25) is 9.69 Å². The van der Waals surface area contributed by atoms with Crippen LogP contribution in [0.15, 0.2) is 24.4 Å². The minimum absolute atomic E-state index is 0.0200. The van der Waals surface area contributed by atoms with E-state index < -0.39 is 11.7 Å². The van der Waals surface area contributed by atoms with Gasteiger partial charge in [-0.1, -0.05) is 6.07 Å². The number of fused-ring (bicyclic) bond motifs is 5. The lowest BCUT2D eigenvalue weighted by molar-refractivity contribution is -0.137. The number of ketones is 1. The third-order valence-electron chi connectivity index (χ3n) is 6.52. The van der Waals surface area contributed by atoms with Gasteiger partial charge in [-0.2, -0.15) is 18.2 Å². The number of alkyl halides is 3. The molecule has 1 aromatic heterocycles. The Morgan fingerprint density at radius 3 is 2.55 bits per heavy atom. The van der Waals surface area contributed by atoms with E-state index >= 15 is 0 Å². The Hall–Kier alpha value is -2.68. The molecule has 1 saturated heterocycles. The smallest absolute Gasteiger partial charge is 0.367 e. The van der Waals surface area contributed by atoms with Crippen molar-refractivity contribution < 1.29 is 18.0 Å². The molecule has 9 heteroatoms. The van der Waals surface area contributed by atoms with Crippen molar-refractivity contribution in [3.05, 3.63) is 41.1 Å². The maximum Gasteiger partial charge on any atom is 0.421 e. The second-order valence-electron chi connectivity index (χ2n) is 8.68. The third kappa shape index (κ3) is 3.75. The maximum atomic E-state index is 13.4. The van der Waals surface area contributed by atoms with Crippen molar-refractivity contribution >= 4 is 23.2 Å². The fourth-order valence-electron chi connectivity index (χ4n) is 4.89. The van der Waals surface area contributed by atoms with Crippen LogP contribution in [0.3, 0.4) is 0 Å². The first-order valence-corrected chi connectivity index (χ1v) is 10.7. The summed E-state index contributed by atoms with van der Waals surface area (Å²) >= 11 is 0. The number of rotatable bonds is 6. The van der Waals surface area contributed by atoms with Crippen molar-refractivity contribution in [1.82, 2.24) is 14.9 Å². The van der Waals surface area contributed by atoms with Gasteiger partial charge < -0.3 is 10.6 Å². The molecule has 3 aliphatic rings. The average Bonchev–Trinajstić information content (AvgIpc) is 3.18. The van der Waals surface area contributed by atoms with Crippen LogP contribution in [0.4, 0.5) is 30.6 Å². The van der Waals surface area contributed by atoms with E-state index in [-0.39, 0.29) is 35.7 Å². The minimum Gasteiger partial charge on any atom is -0.367 e. The molecule has 1 aromatic carbocycles. The van der Waals surface area contributed by atoms with Crippen LogP contribution in [0.2, 0.25) is 0 Å². The van der Waals surface area contributed by atoms with E-state index in [0.29, 0.717) is 6.54 Å². The molecular formula is C22H24F3N5O. The summed E-state index contributed by atoms with van der Waals surface area (Å²) in [5.41, 5.74) is 2.27. The van der Waals surface area contributed by atoms with Gasteiger partial charge in [0.05, 0.1) is 6.54 Å². The van der Waals surface area contributed by atoms with Gasteiger partial charge in [0.15, 0.2) is 0 Å². The van der Waals surface area contributed by atoms with Crippen molar-refractivity contribution in [2.45, 2.75) is 63.3 Å². The molecule has 2 aromatic rings. The van der Waals surface area contributed by atoms with Gasteiger partial charge in [-0.25, -0.2) is 4.98 Å². The zero-order valence-corrected chi connectivity index (χ0v) is 17.2. The molecule has 2 unspecified atom stereocenters.